The van der Waals surface area contributed by atoms with Crippen LogP contribution in [-0.4, -0.2) is 15.0 Å². The third kappa shape index (κ3) is 9.63. The molecular weight excluding hydrogens is 1010 g/mol. The Kier molecular flexibility index (Phi) is 10.9. The van der Waals surface area contributed by atoms with Crippen LogP contribution < -0.4 is 0 Å². The summed E-state index contributed by atoms with van der Waals surface area (Å²) in [4.78, 5) is 14.3. The predicted molar refractivity (Wildman–Crippen MR) is 270 cm³/mol. The van der Waals surface area contributed by atoms with E-state index in [0.717, 1.165) is 44.8 Å². The second-order valence-electron chi connectivity index (χ2n) is 18.3. The molecule has 4 aromatic heterocycles. The van der Waals surface area contributed by atoms with Gasteiger partial charge in [-0.1, -0.05) is 124 Å². The van der Waals surface area contributed by atoms with Gasteiger partial charge in [-0.05, 0) is 116 Å². The molecule has 0 saturated heterocycles. The molecule has 6 heteroatoms. The molecule has 0 amide bonds. The number of rotatable bonds is 13. The molecule has 0 spiro atoms. The van der Waals surface area contributed by atoms with Crippen LogP contribution in [-0.2, 0) is 56.5 Å². The zero-order valence-electron chi connectivity index (χ0n) is 45.0. The molecule has 0 fully saturated rings. The molecule has 0 aliphatic rings. The first kappa shape index (κ1) is 38.2. The summed E-state index contributed by atoms with van der Waals surface area (Å²) in [5.74, 6) is -0.545. The molecular formula is C62H51FIrN3O. The first-order valence-electron chi connectivity index (χ1n) is 25.8. The van der Waals surface area contributed by atoms with E-state index >= 15 is 4.39 Å². The minimum absolute atomic E-state index is 0. The Morgan fingerprint density at radius 2 is 1.16 bits per heavy atom. The van der Waals surface area contributed by atoms with Gasteiger partial charge in [0.2, 0.25) is 0 Å². The van der Waals surface area contributed by atoms with Crippen molar-refractivity contribution in [1.29, 1.82) is 0 Å². The molecule has 6 aromatic carbocycles. The third-order valence-electron chi connectivity index (χ3n) is 12.5. The number of fused-ring (bicyclic) bond motifs is 3. The Balaban J connectivity index is 0.00000689. The summed E-state index contributed by atoms with van der Waals surface area (Å²) in [5.41, 5.74) is 6.97. The van der Waals surface area contributed by atoms with Crippen LogP contribution >= 0.6 is 0 Å². The molecule has 0 aliphatic heterocycles. The second kappa shape index (κ2) is 19.4. The zero-order chi connectivity index (χ0) is 52.2. The molecule has 0 bridgehead atoms. The van der Waals surface area contributed by atoms with Gasteiger partial charge in [-0.15, -0.1) is 90.0 Å². The molecule has 0 aliphatic carbocycles. The van der Waals surface area contributed by atoms with Crippen LogP contribution in [0, 0.1) is 30.9 Å². The van der Waals surface area contributed by atoms with Gasteiger partial charge in [-0.25, -0.2) is 4.39 Å². The zero-order valence-corrected chi connectivity index (χ0v) is 40.4. The first-order valence-corrected chi connectivity index (χ1v) is 22.3. The molecule has 10 aromatic rings. The largest absolute Gasteiger partial charge is 3.00 e. The number of pyridine rings is 3. The maximum Gasteiger partial charge on any atom is 3.00 e. The summed E-state index contributed by atoms with van der Waals surface area (Å²) in [7, 11) is 0. The molecule has 0 atom stereocenters. The number of hydrogen-bond donors (Lipinski definition) is 0. The molecule has 4 heterocycles. The van der Waals surface area contributed by atoms with Crippen LogP contribution in [0.15, 0.2) is 175 Å². The molecule has 4 nitrogen and oxygen atoms in total. The number of hydrogen-bond acceptors (Lipinski definition) is 4. The third-order valence-corrected chi connectivity index (χ3v) is 12.5. The Hall–Kier alpha value is -6.85. The molecule has 0 N–H and O–H groups in total. The Bertz CT molecular complexity index is 3560. The number of halogens is 1. The van der Waals surface area contributed by atoms with Gasteiger partial charge in [0, 0.05) is 33.6 Å². The van der Waals surface area contributed by atoms with E-state index in [9.17, 15) is 5.48 Å². The minimum Gasteiger partial charge on any atom is -0.498 e. The van der Waals surface area contributed by atoms with Crippen molar-refractivity contribution in [3.63, 3.8) is 0 Å². The van der Waals surface area contributed by atoms with Crippen molar-refractivity contribution in [3.05, 3.63) is 233 Å². The summed E-state index contributed by atoms with van der Waals surface area (Å²) < 4.78 is 86.9. The van der Waals surface area contributed by atoms with Gasteiger partial charge in [0.25, 0.3) is 0 Å². The first-order chi connectivity index (χ1) is 35.2. The molecule has 336 valence electrons. The SMILES string of the molecule is [2H]C([2H])([2H])c1ccccc1-c1cc(-c2[c-]ccc3c2oc2c(F)cccc23)ncc1C([2H])([2H])C([2H])([2H])c1cc(CC(C)(C)c2ccc(-c3[c-]cccc3)nc2)cc(CC(C)(C)c2ccc(-c3[c-]cccc3)nc2)c1.[Ir+3]. The van der Waals surface area contributed by atoms with Crippen molar-refractivity contribution < 1.29 is 38.5 Å². The standard InChI is InChI=1S/C62H51FN3O.Ir/c1-41-16-12-13-21-50(41)54-35-58(53-24-14-22-51-52-23-15-25-55(63)60(52)67-59(51)53)64-38-47(54)27-26-42-32-43(36-61(2,3)48-28-30-56(65-39-48)45-17-8-6-9-18-45)34-44(33-42)37-62(4,5)49-29-31-57(66-40-49)46-19-10-7-11-20-46;/h6-17,19,21-23,25,28-35,38-40H,26-27,36-37H2,1-5H3;/q-3;+3/i1D3,26D2,27D2;. The number of benzene rings is 6. The number of furan rings is 1. The number of para-hydroxylation sites is 1. The number of aromatic nitrogens is 3. The van der Waals surface area contributed by atoms with Crippen LogP contribution in [0.5, 0.6) is 0 Å². The average molecular weight is 1070 g/mol. The molecule has 0 radical (unpaired) electrons. The van der Waals surface area contributed by atoms with E-state index in [-0.39, 0.29) is 59.2 Å². The smallest absolute Gasteiger partial charge is 0.498 e. The summed E-state index contributed by atoms with van der Waals surface area (Å²) in [6, 6.07) is 54.6. The monoisotopic (exact) mass is 1070 g/mol. The molecule has 0 unspecified atom stereocenters. The van der Waals surface area contributed by atoms with Crippen molar-refractivity contribution in [2.24, 2.45) is 0 Å². The quantitative estimate of drug-likeness (QED) is 0.108. The molecule has 10 rings (SSSR count). The van der Waals surface area contributed by atoms with Crippen LogP contribution in [0.25, 0.3) is 66.8 Å². The van der Waals surface area contributed by atoms with E-state index in [1.165, 1.54) is 18.3 Å². The normalized spacial score (nSPS) is 13.9. The van der Waals surface area contributed by atoms with Gasteiger partial charge in [0.1, 0.15) is 0 Å². The van der Waals surface area contributed by atoms with E-state index < -0.39 is 36.2 Å². The van der Waals surface area contributed by atoms with Crippen LogP contribution in [0.2, 0.25) is 0 Å². The van der Waals surface area contributed by atoms with Gasteiger partial charge in [-0.3, -0.25) is 0 Å². The van der Waals surface area contributed by atoms with Gasteiger partial charge in [0.15, 0.2) is 11.4 Å². The van der Waals surface area contributed by atoms with Crippen LogP contribution in [0.4, 0.5) is 4.39 Å². The van der Waals surface area contributed by atoms with E-state index in [4.69, 9.17) is 23.5 Å². The van der Waals surface area contributed by atoms with Gasteiger partial charge >= 0.3 is 20.1 Å². The second-order valence-corrected chi connectivity index (χ2v) is 18.3. The fourth-order valence-electron chi connectivity index (χ4n) is 8.97. The van der Waals surface area contributed by atoms with E-state index in [2.05, 4.69) is 64.1 Å². The Morgan fingerprint density at radius 1 is 0.559 bits per heavy atom. The van der Waals surface area contributed by atoms with Gasteiger partial charge in [0.05, 0.1) is 5.58 Å². The summed E-state index contributed by atoms with van der Waals surface area (Å²) in [6.07, 6.45) is 0.341. The van der Waals surface area contributed by atoms with Crippen LogP contribution in [0.1, 0.15) is 76.2 Å². The number of aryl methyl sites for hydroxylation is 3. The summed E-state index contributed by atoms with van der Waals surface area (Å²) in [5, 5.41) is 1.15. The van der Waals surface area contributed by atoms with Crippen LogP contribution in [0.3, 0.4) is 0 Å². The Labute approximate surface area is 422 Å². The summed E-state index contributed by atoms with van der Waals surface area (Å²) in [6.45, 7) is 5.83. The van der Waals surface area contributed by atoms with E-state index in [0.29, 0.717) is 34.8 Å². The van der Waals surface area contributed by atoms with Crippen molar-refractivity contribution in [1.82, 2.24) is 15.0 Å². The number of nitrogens with zero attached hydrogens (tertiary/aromatic N) is 3. The van der Waals surface area contributed by atoms with E-state index in [1.807, 2.05) is 73.1 Å². The van der Waals surface area contributed by atoms with Crippen molar-refractivity contribution >= 4 is 21.9 Å². The average Bonchev–Trinajstić information content (AvgIpc) is 3.80. The van der Waals surface area contributed by atoms with Crippen molar-refractivity contribution in [2.45, 2.75) is 71.0 Å². The Morgan fingerprint density at radius 3 is 1.76 bits per heavy atom. The van der Waals surface area contributed by atoms with Gasteiger partial charge < -0.3 is 19.4 Å². The summed E-state index contributed by atoms with van der Waals surface area (Å²) >= 11 is 0. The van der Waals surface area contributed by atoms with Gasteiger partial charge in [-0.2, -0.15) is 0 Å². The maximum absolute atomic E-state index is 15.1. The fraction of sp³-hybridized carbons (Fsp3) is 0.177. The molecule has 0 saturated carbocycles. The van der Waals surface area contributed by atoms with E-state index in [1.54, 1.807) is 60.7 Å². The maximum atomic E-state index is 15.1. The topological polar surface area (TPSA) is 51.8 Å². The fourth-order valence-corrected chi connectivity index (χ4v) is 8.97. The molecule has 68 heavy (non-hydrogen) atoms. The van der Waals surface area contributed by atoms with Crippen molar-refractivity contribution in [2.75, 3.05) is 0 Å². The van der Waals surface area contributed by atoms with Crippen molar-refractivity contribution in [3.8, 4) is 44.9 Å². The minimum atomic E-state index is -2.84. The predicted octanol–water partition coefficient (Wildman–Crippen LogP) is 15.1.